The third-order valence-electron chi connectivity index (χ3n) is 3.00. The zero-order valence-corrected chi connectivity index (χ0v) is 9.19. The first kappa shape index (κ1) is 11.5. The highest BCUT2D eigenvalue weighted by molar-refractivity contribution is 5.20. The van der Waals surface area contributed by atoms with Crippen molar-refractivity contribution in [2.45, 2.75) is 6.04 Å². The Bertz CT molecular complexity index is 340. The average Bonchev–Trinajstić information content (AvgIpc) is 2.31. The summed E-state index contributed by atoms with van der Waals surface area (Å²) >= 11 is 0. The molecule has 2 N–H and O–H groups in total. The number of nitrogens with one attached hydrogen (secondary N) is 1. The summed E-state index contributed by atoms with van der Waals surface area (Å²) in [6, 6.07) is 6.40. The molecule has 0 saturated carbocycles. The largest absolute Gasteiger partial charge is 0.394 e. The van der Waals surface area contributed by atoms with Crippen LogP contribution < -0.4 is 5.32 Å². The number of hydrogen-bond acceptors (Lipinski definition) is 3. The lowest BCUT2D eigenvalue weighted by Gasteiger charge is -2.34. The van der Waals surface area contributed by atoms with Gasteiger partial charge in [-0.25, -0.2) is 4.39 Å². The number of aliphatic hydroxyl groups is 1. The van der Waals surface area contributed by atoms with Crippen LogP contribution in [0.2, 0.25) is 0 Å². The summed E-state index contributed by atoms with van der Waals surface area (Å²) in [5.74, 6) is -0.244. The van der Waals surface area contributed by atoms with E-state index >= 15 is 0 Å². The lowest BCUT2D eigenvalue weighted by Crippen LogP contribution is -2.46. The van der Waals surface area contributed by atoms with E-state index in [1.165, 1.54) is 12.1 Å². The van der Waals surface area contributed by atoms with Crippen molar-refractivity contribution in [3.8, 4) is 0 Å². The van der Waals surface area contributed by atoms with E-state index in [1.807, 2.05) is 6.07 Å². The van der Waals surface area contributed by atoms with Crippen LogP contribution in [0.5, 0.6) is 0 Å². The summed E-state index contributed by atoms with van der Waals surface area (Å²) in [5, 5.41) is 12.7. The van der Waals surface area contributed by atoms with E-state index in [9.17, 15) is 9.50 Å². The highest BCUT2D eigenvalue weighted by Gasteiger charge is 2.21. The number of hydrogen-bond donors (Lipinski definition) is 2. The third-order valence-corrected chi connectivity index (χ3v) is 3.00. The Labute approximate surface area is 94.9 Å². The second-order valence-electron chi connectivity index (χ2n) is 4.04. The Morgan fingerprint density at radius 3 is 2.75 bits per heavy atom. The first-order valence-corrected chi connectivity index (χ1v) is 5.62. The maximum Gasteiger partial charge on any atom is 0.123 e. The van der Waals surface area contributed by atoms with Gasteiger partial charge in [0.25, 0.3) is 0 Å². The molecule has 0 spiro atoms. The standard InChI is InChI=1S/C12H17FN2O/c13-11-3-1-2-10(8-11)12(9-16)15-6-4-14-5-7-15/h1-3,8,12,14,16H,4-7,9H2/t12-/m0/s1. The number of benzene rings is 1. The molecular formula is C12H17FN2O. The van der Waals surface area contributed by atoms with Gasteiger partial charge in [-0.2, -0.15) is 0 Å². The van der Waals surface area contributed by atoms with Crippen molar-refractivity contribution in [3.63, 3.8) is 0 Å². The monoisotopic (exact) mass is 224 g/mol. The van der Waals surface area contributed by atoms with E-state index < -0.39 is 0 Å². The molecule has 1 aromatic carbocycles. The Kier molecular flexibility index (Phi) is 3.88. The van der Waals surface area contributed by atoms with Crippen LogP contribution in [0.4, 0.5) is 4.39 Å². The van der Waals surface area contributed by atoms with Gasteiger partial charge in [0.05, 0.1) is 12.6 Å². The minimum atomic E-state index is -0.244. The van der Waals surface area contributed by atoms with Crippen molar-refractivity contribution in [1.82, 2.24) is 10.2 Å². The summed E-state index contributed by atoms with van der Waals surface area (Å²) in [4.78, 5) is 2.19. The first-order valence-electron chi connectivity index (χ1n) is 5.62. The van der Waals surface area contributed by atoms with Crippen LogP contribution in [-0.4, -0.2) is 42.8 Å². The van der Waals surface area contributed by atoms with Crippen molar-refractivity contribution >= 4 is 0 Å². The van der Waals surface area contributed by atoms with Gasteiger partial charge in [-0.3, -0.25) is 4.90 Å². The number of rotatable bonds is 3. The van der Waals surface area contributed by atoms with Gasteiger partial charge in [-0.05, 0) is 17.7 Å². The van der Waals surface area contributed by atoms with Gasteiger partial charge in [-0.15, -0.1) is 0 Å². The molecule has 0 radical (unpaired) electrons. The Morgan fingerprint density at radius 1 is 1.38 bits per heavy atom. The highest BCUT2D eigenvalue weighted by atomic mass is 19.1. The SMILES string of the molecule is OC[C@@H](c1cccc(F)c1)N1CCNCC1. The van der Waals surface area contributed by atoms with Gasteiger partial charge >= 0.3 is 0 Å². The fraction of sp³-hybridized carbons (Fsp3) is 0.500. The first-order chi connectivity index (χ1) is 7.81. The summed E-state index contributed by atoms with van der Waals surface area (Å²) in [7, 11) is 0. The Hall–Kier alpha value is -0.970. The van der Waals surface area contributed by atoms with Crippen LogP contribution in [0.3, 0.4) is 0 Å². The molecule has 1 aliphatic rings. The van der Waals surface area contributed by atoms with Gasteiger partial charge in [0.2, 0.25) is 0 Å². The molecule has 3 nitrogen and oxygen atoms in total. The zero-order valence-electron chi connectivity index (χ0n) is 9.19. The fourth-order valence-electron chi connectivity index (χ4n) is 2.14. The van der Waals surface area contributed by atoms with E-state index in [2.05, 4.69) is 10.2 Å². The smallest absolute Gasteiger partial charge is 0.123 e. The quantitative estimate of drug-likeness (QED) is 0.796. The van der Waals surface area contributed by atoms with Gasteiger partial charge in [0.15, 0.2) is 0 Å². The average molecular weight is 224 g/mol. The molecule has 1 heterocycles. The predicted molar refractivity (Wildman–Crippen MR) is 60.7 cm³/mol. The maximum absolute atomic E-state index is 13.1. The summed E-state index contributed by atoms with van der Waals surface area (Å²) in [5.41, 5.74) is 0.851. The fourth-order valence-corrected chi connectivity index (χ4v) is 2.14. The number of aliphatic hydroxyl groups excluding tert-OH is 1. The van der Waals surface area contributed by atoms with Crippen LogP contribution >= 0.6 is 0 Å². The molecular weight excluding hydrogens is 207 g/mol. The molecule has 88 valence electrons. The summed E-state index contributed by atoms with van der Waals surface area (Å²) in [6.07, 6.45) is 0. The Balaban J connectivity index is 2.14. The minimum Gasteiger partial charge on any atom is -0.394 e. The molecule has 1 fully saturated rings. The molecule has 1 saturated heterocycles. The topological polar surface area (TPSA) is 35.5 Å². The van der Waals surface area contributed by atoms with E-state index in [1.54, 1.807) is 6.07 Å². The molecule has 0 unspecified atom stereocenters. The molecule has 1 aliphatic heterocycles. The molecule has 1 atom stereocenters. The van der Waals surface area contributed by atoms with E-state index in [0.29, 0.717) is 0 Å². The second kappa shape index (κ2) is 5.39. The van der Waals surface area contributed by atoms with Gasteiger partial charge in [0, 0.05) is 26.2 Å². The molecule has 16 heavy (non-hydrogen) atoms. The minimum absolute atomic E-state index is 0.0312. The second-order valence-corrected chi connectivity index (χ2v) is 4.04. The van der Waals surface area contributed by atoms with Crippen molar-refractivity contribution in [3.05, 3.63) is 35.6 Å². The lowest BCUT2D eigenvalue weighted by atomic mass is 10.1. The van der Waals surface area contributed by atoms with Crippen LogP contribution in [0, 0.1) is 5.82 Å². The molecule has 0 amide bonds. The van der Waals surface area contributed by atoms with E-state index in [4.69, 9.17) is 0 Å². The third kappa shape index (κ3) is 2.58. The van der Waals surface area contributed by atoms with Crippen LogP contribution in [-0.2, 0) is 0 Å². The highest BCUT2D eigenvalue weighted by Crippen LogP contribution is 2.21. The van der Waals surface area contributed by atoms with Gasteiger partial charge in [-0.1, -0.05) is 12.1 Å². The van der Waals surface area contributed by atoms with Gasteiger partial charge in [0.1, 0.15) is 5.82 Å². The molecule has 2 rings (SSSR count). The summed E-state index contributed by atoms with van der Waals surface area (Å²) in [6.45, 7) is 3.66. The summed E-state index contributed by atoms with van der Waals surface area (Å²) < 4.78 is 13.1. The van der Waals surface area contributed by atoms with Crippen LogP contribution in [0.15, 0.2) is 24.3 Å². The zero-order chi connectivity index (χ0) is 11.4. The number of nitrogens with zero attached hydrogens (tertiary/aromatic N) is 1. The van der Waals surface area contributed by atoms with E-state index in [0.717, 1.165) is 31.7 Å². The van der Waals surface area contributed by atoms with Gasteiger partial charge < -0.3 is 10.4 Å². The molecule has 0 bridgehead atoms. The van der Waals surface area contributed by atoms with Crippen LogP contribution in [0.25, 0.3) is 0 Å². The van der Waals surface area contributed by atoms with Crippen molar-refractivity contribution in [2.24, 2.45) is 0 Å². The molecule has 1 aromatic rings. The van der Waals surface area contributed by atoms with Crippen molar-refractivity contribution in [2.75, 3.05) is 32.8 Å². The lowest BCUT2D eigenvalue weighted by molar-refractivity contribution is 0.110. The molecule has 0 aliphatic carbocycles. The normalized spacial score (nSPS) is 19.6. The van der Waals surface area contributed by atoms with Crippen molar-refractivity contribution in [1.29, 1.82) is 0 Å². The van der Waals surface area contributed by atoms with Crippen molar-refractivity contribution < 1.29 is 9.50 Å². The maximum atomic E-state index is 13.1. The van der Waals surface area contributed by atoms with E-state index in [-0.39, 0.29) is 18.5 Å². The van der Waals surface area contributed by atoms with Crippen LogP contribution in [0.1, 0.15) is 11.6 Å². The number of piperazine rings is 1. The molecule has 0 aromatic heterocycles. The predicted octanol–water partition coefficient (Wildman–Crippen LogP) is 0.764. The molecule has 4 heteroatoms. The number of halogens is 1. The Morgan fingerprint density at radius 2 is 2.12 bits per heavy atom.